The maximum Gasteiger partial charge on any atom is 0.137 e. The van der Waals surface area contributed by atoms with Gasteiger partial charge in [0, 0.05) is 10.9 Å². The van der Waals surface area contributed by atoms with Crippen LogP contribution in [0.1, 0.15) is 44.5 Å². The summed E-state index contributed by atoms with van der Waals surface area (Å²) in [6.07, 6.45) is 7.65. The van der Waals surface area contributed by atoms with Gasteiger partial charge in [0.25, 0.3) is 0 Å². The van der Waals surface area contributed by atoms with Crippen molar-refractivity contribution in [2.24, 2.45) is 0 Å². The summed E-state index contributed by atoms with van der Waals surface area (Å²) in [6.45, 7) is 6.63. The molecule has 0 fully saturated rings. The highest BCUT2D eigenvalue weighted by molar-refractivity contribution is 5.83. The van der Waals surface area contributed by atoms with E-state index >= 15 is 0 Å². The average molecular weight is 483 g/mol. The van der Waals surface area contributed by atoms with Crippen molar-refractivity contribution in [1.82, 2.24) is 0 Å². The molecule has 0 atom stereocenters. The largest absolute Gasteiger partial charge is 0.464 e. The van der Waals surface area contributed by atoms with Crippen molar-refractivity contribution in [3.8, 4) is 0 Å². The normalized spacial score (nSPS) is 13.2. The highest BCUT2D eigenvalue weighted by Gasteiger charge is 2.13. The predicted molar refractivity (Wildman–Crippen MR) is 147 cm³/mol. The highest BCUT2D eigenvalue weighted by Crippen LogP contribution is 2.28. The van der Waals surface area contributed by atoms with Gasteiger partial charge in [-0.1, -0.05) is 66.7 Å². The molecule has 0 unspecified atom stereocenters. The van der Waals surface area contributed by atoms with Gasteiger partial charge in [0.15, 0.2) is 0 Å². The van der Waals surface area contributed by atoms with E-state index in [2.05, 4.69) is 62.4 Å². The number of fused-ring (bicyclic) bond motifs is 3. The molecule has 4 aromatic rings. The molecule has 6 rings (SSSR count). The Morgan fingerprint density at radius 3 is 2.06 bits per heavy atom. The van der Waals surface area contributed by atoms with Crippen molar-refractivity contribution >= 4 is 23.1 Å². The second-order valence-corrected chi connectivity index (χ2v) is 9.44. The Labute approximate surface area is 212 Å². The van der Waals surface area contributed by atoms with E-state index in [1.807, 2.05) is 25.1 Å². The molecule has 4 heteroatoms. The summed E-state index contributed by atoms with van der Waals surface area (Å²) in [5.74, 6) is 0. The predicted octanol–water partition coefficient (Wildman–Crippen LogP) is 6.09. The fourth-order valence-corrected chi connectivity index (χ4v) is 4.78. The summed E-state index contributed by atoms with van der Waals surface area (Å²) < 4.78 is 5.31. The first-order chi connectivity index (χ1) is 17.4. The van der Waals surface area contributed by atoms with Crippen LogP contribution < -0.4 is 0 Å². The first kappa shape index (κ1) is 25.6. The monoisotopic (exact) mass is 482 g/mol. The van der Waals surface area contributed by atoms with Gasteiger partial charge in [-0.3, -0.25) is 0 Å². The van der Waals surface area contributed by atoms with Crippen LogP contribution in [0.2, 0.25) is 0 Å². The number of para-hydroxylation sites is 1. The van der Waals surface area contributed by atoms with Crippen LogP contribution >= 0.6 is 0 Å². The molecule has 3 N–H and O–H groups in total. The molecule has 4 nitrogen and oxygen atoms in total. The second kappa shape index (κ2) is 11.5. The minimum atomic E-state index is 0.0381. The van der Waals surface area contributed by atoms with Crippen molar-refractivity contribution in [3.63, 3.8) is 0 Å². The first-order valence-electron chi connectivity index (χ1n) is 12.3. The standard InChI is InChI=1S/2C11H12O.C10H10O2/c2*1-8-3-2-4-10-5-9(7-12)6-11(8)10;1-7-3-2-4-9-8(5-11)6-12-10(7)9/h2-4,6,12H,5,7H2,1H3;2-5,12H,6-7H2,1H3;2-4,6,11H,5H2,1H3. The number of hydrogen-bond donors (Lipinski definition) is 3. The third-order valence-corrected chi connectivity index (χ3v) is 6.84. The lowest BCUT2D eigenvalue weighted by atomic mass is 10.0. The van der Waals surface area contributed by atoms with Crippen LogP contribution in [0.5, 0.6) is 0 Å². The van der Waals surface area contributed by atoms with Gasteiger partial charge < -0.3 is 19.7 Å². The Morgan fingerprint density at radius 1 is 0.694 bits per heavy atom. The maximum absolute atomic E-state index is 8.96. The molecule has 0 radical (unpaired) electrons. The van der Waals surface area contributed by atoms with E-state index in [0.717, 1.165) is 46.1 Å². The van der Waals surface area contributed by atoms with Gasteiger partial charge in [0.1, 0.15) is 5.58 Å². The van der Waals surface area contributed by atoms with Crippen molar-refractivity contribution in [2.45, 2.75) is 40.2 Å². The van der Waals surface area contributed by atoms with Crippen LogP contribution in [-0.2, 0) is 19.4 Å². The van der Waals surface area contributed by atoms with Crippen LogP contribution in [0, 0.1) is 20.8 Å². The fraction of sp³-hybridized carbons (Fsp3) is 0.250. The van der Waals surface area contributed by atoms with Crippen LogP contribution in [0.15, 0.2) is 76.4 Å². The Kier molecular flexibility index (Phi) is 8.21. The summed E-state index contributed by atoms with van der Waals surface area (Å²) in [7, 11) is 0. The van der Waals surface area contributed by atoms with E-state index in [0.29, 0.717) is 0 Å². The summed E-state index contributed by atoms with van der Waals surface area (Å²) in [4.78, 5) is 0. The van der Waals surface area contributed by atoms with E-state index in [4.69, 9.17) is 19.7 Å². The van der Waals surface area contributed by atoms with Crippen LogP contribution in [0.3, 0.4) is 0 Å². The number of aliphatic hydroxyl groups is 3. The molecule has 2 aliphatic rings. The lowest BCUT2D eigenvalue weighted by Crippen LogP contribution is -1.91. The number of aliphatic hydroxyl groups excluding tert-OH is 3. The van der Waals surface area contributed by atoms with Crippen LogP contribution in [0.4, 0.5) is 0 Å². The van der Waals surface area contributed by atoms with Crippen molar-refractivity contribution in [2.75, 3.05) is 13.2 Å². The molecule has 1 heterocycles. The summed E-state index contributed by atoms with van der Waals surface area (Å²) in [5, 5.41) is 27.9. The van der Waals surface area contributed by atoms with Gasteiger partial charge in [-0.25, -0.2) is 0 Å². The minimum absolute atomic E-state index is 0.0381. The number of benzene rings is 3. The third kappa shape index (κ3) is 5.52. The van der Waals surface area contributed by atoms with E-state index in [1.165, 1.54) is 33.4 Å². The zero-order valence-electron chi connectivity index (χ0n) is 21.2. The minimum Gasteiger partial charge on any atom is -0.464 e. The number of aryl methyl sites for hydroxylation is 3. The quantitative estimate of drug-likeness (QED) is 0.331. The smallest absolute Gasteiger partial charge is 0.137 e. The Morgan fingerprint density at radius 2 is 1.36 bits per heavy atom. The van der Waals surface area contributed by atoms with Gasteiger partial charge in [0.2, 0.25) is 0 Å². The average Bonchev–Trinajstić information content (AvgIpc) is 3.62. The molecule has 0 spiro atoms. The summed E-state index contributed by atoms with van der Waals surface area (Å²) >= 11 is 0. The van der Waals surface area contributed by atoms with Gasteiger partial charge >= 0.3 is 0 Å². The zero-order valence-corrected chi connectivity index (χ0v) is 21.2. The van der Waals surface area contributed by atoms with E-state index in [1.54, 1.807) is 6.26 Å². The molecule has 1 aromatic heterocycles. The van der Waals surface area contributed by atoms with Gasteiger partial charge in [-0.05, 0) is 83.7 Å². The van der Waals surface area contributed by atoms with E-state index < -0.39 is 0 Å². The van der Waals surface area contributed by atoms with Gasteiger partial charge in [-0.15, -0.1) is 0 Å². The number of hydrogen-bond acceptors (Lipinski definition) is 4. The SMILES string of the molecule is Cc1cccc2c(CO)coc12.Cc1cccc2c1C=C(CO)C2.Cc1cccc2c1CC(CO)=C2. The lowest BCUT2D eigenvalue weighted by molar-refractivity contribution is 0.281. The van der Waals surface area contributed by atoms with E-state index in [9.17, 15) is 0 Å². The van der Waals surface area contributed by atoms with Crippen molar-refractivity contribution < 1.29 is 19.7 Å². The fourth-order valence-electron chi connectivity index (χ4n) is 4.78. The zero-order chi connectivity index (χ0) is 25.7. The molecular formula is C32H34O4. The van der Waals surface area contributed by atoms with Crippen LogP contribution in [0.25, 0.3) is 23.1 Å². The van der Waals surface area contributed by atoms with Gasteiger partial charge in [0.05, 0.1) is 26.1 Å². The molecule has 36 heavy (non-hydrogen) atoms. The summed E-state index contributed by atoms with van der Waals surface area (Å²) in [5.41, 5.74) is 13.0. The lowest BCUT2D eigenvalue weighted by Gasteiger charge is -2.02. The highest BCUT2D eigenvalue weighted by atomic mass is 16.3. The Hall–Kier alpha value is -3.44. The van der Waals surface area contributed by atoms with Crippen molar-refractivity contribution in [3.05, 3.63) is 117 Å². The maximum atomic E-state index is 8.96. The second-order valence-electron chi connectivity index (χ2n) is 9.44. The van der Waals surface area contributed by atoms with Crippen molar-refractivity contribution in [1.29, 1.82) is 0 Å². The van der Waals surface area contributed by atoms with Crippen LogP contribution in [-0.4, -0.2) is 28.5 Å². The first-order valence-corrected chi connectivity index (χ1v) is 12.3. The molecule has 0 aliphatic heterocycles. The Bertz CT molecular complexity index is 1420. The molecule has 0 saturated heterocycles. The molecule has 0 amide bonds. The molecule has 3 aromatic carbocycles. The molecule has 2 aliphatic carbocycles. The molecular weight excluding hydrogens is 448 g/mol. The Balaban J connectivity index is 0.000000127. The van der Waals surface area contributed by atoms with E-state index in [-0.39, 0.29) is 19.8 Å². The molecule has 0 saturated carbocycles. The number of rotatable bonds is 3. The van der Waals surface area contributed by atoms with Gasteiger partial charge in [-0.2, -0.15) is 0 Å². The molecule has 186 valence electrons. The molecule has 0 bridgehead atoms. The summed E-state index contributed by atoms with van der Waals surface area (Å²) in [6, 6.07) is 18.5. The number of furan rings is 1. The third-order valence-electron chi connectivity index (χ3n) is 6.84. The topological polar surface area (TPSA) is 73.8 Å².